The minimum Gasteiger partial charge on any atom is -0.396 e. The maximum atomic E-state index is 13.6. The predicted molar refractivity (Wildman–Crippen MR) is 74.0 cm³/mol. The molecule has 0 spiro atoms. The van der Waals surface area contributed by atoms with Gasteiger partial charge in [0.05, 0.1) is 5.56 Å². The number of carbonyl (C=O) groups is 1. The number of nitrogens with one attached hydrogen (secondary N) is 1. The Morgan fingerprint density at radius 2 is 2.16 bits per heavy atom. The highest BCUT2D eigenvalue weighted by Crippen LogP contribution is 2.24. The lowest BCUT2D eigenvalue weighted by atomic mass is 9.85. The number of rotatable bonds is 3. The van der Waals surface area contributed by atoms with Crippen molar-refractivity contribution in [1.82, 2.24) is 5.32 Å². The Balaban J connectivity index is 2.09. The molecule has 0 aromatic heterocycles. The van der Waals surface area contributed by atoms with E-state index in [4.69, 9.17) is 0 Å². The Morgan fingerprint density at radius 3 is 2.89 bits per heavy atom. The molecule has 1 aromatic carbocycles. The van der Waals surface area contributed by atoms with Crippen LogP contribution in [-0.2, 0) is 0 Å². The van der Waals surface area contributed by atoms with Gasteiger partial charge in [0.1, 0.15) is 5.82 Å². The molecule has 0 radical (unpaired) electrons. The molecule has 0 saturated heterocycles. The first-order chi connectivity index (χ1) is 9.11. The van der Waals surface area contributed by atoms with Crippen molar-refractivity contribution in [1.29, 1.82) is 0 Å². The van der Waals surface area contributed by atoms with Crippen LogP contribution in [0.15, 0.2) is 23.1 Å². The van der Waals surface area contributed by atoms with Crippen LogP contribution >= 0.6 is 12.6 Å². The average molecular weight is 283 g/mol. The summed E-state index contributed by atoms with van der Waals surface area (Å²) in [6.45, 7) is 0.0556. The highest BCUT2D eigenvalue weighted by atomic mass is 32.1. The first-order valence-corrected chi connectivity index (χ1v) is 6.96. The summed E-state index contributed by atoms with van der Waals surface area (Å²) in [6, 6.07) is 4.09. The molecule has 5 heteroatoms. The van der Waals surface area contributed by atoms with Crippen LogP contribution in [0.4, 0.5) is 4.39 Å². The number of carbonyl (C=O) groups excluding carboxylic acids is 1. The number of amides is 1. The third-order valence-corrected chi connectivity index (χ3v) is 3.93. The van der Waals surface area contributed by atoms with Crippen molar-refractivity contribution >= 4 is 18.5 Å². The van der Waals surface area contributed by atoms with Crippen molar-refractivity contribution in [2.24, 2.45) is 5.92 Å². The molecule has 104 valence electrons. The molecule has 2 atom stereocenters. The number of hydrogen-bond donors (Lipinski definition) is 3. The van der Waals surface area contributed by atoms with Crippen LogP contribution in [0.2, 0.25) is 0 Å². The molecule has 3 nitrogen and oxygen atoms in total. The van der Waals surface area contributed by atoms with Gasteiger partial charge in [-0.15, -0.1) is 12.6 Å². The smallest absolute Gasteiger partial charge is 0.254 e. The zero-order chi connectivity index (χ0) is 13.8. The summed E-state index contributed by atoms with van der Waals surface area (Å²) in [4.78, 5) is 12.6. The van der Waals surface area contributed by atoms with Crippen LogP contribution in [0, 0.1) is 11.7 Å². The molecule has 1 aliphatic rings. The van der Waals surface area contributed by atoms with Crippen molar-refractivity contribution in [3.05, 3.63) is 29.6 Å². The average Bonchev–Trinajstić information content (AvgIpc) is 2.42. The molecular weight excluding hydrogens is 265 g/mol. The fraction of sp³-hybridized carbons (Fsp3) is 0.500. The quantitative estimate of drug-likeness (QED) is 0.746. The van der Waals surface area contributed by atoms with Crippen LogP contribution in [0.1, 0.15) is 36.0 Å². The number of benzene rings is 1. The van der Waals surface area contributed by atoms with E-state index in [1.165, 1.54) is 18.2 Å². The molecule has 1 saturated carbocycles. The molecule has 19 heavy (non-hydrogen) atoms. The maximum absolute atomic E-state index is 13.6. The van der Waals surface area contributed by atoms with Crippen molar-refractivity contribution in [2.75, 3.05) is 6.61 Å². The first-order valence-electron chi connectivity index (χ1n) is 6.52. The lowest BCUT2D eigenvalue weighted by Gasteiger charge is -2.30. The van der Waals surface area contributed by atoms with E-state index in [1.54, 1.807) is 0 Å². The van der Waals surface area contributed by atoms with E-state index >= 15 is 0 Å². The van der Waals surface area contributed by atoms with Gasteiger partial charge in [-0.2, -0.15) is 0 Å². The number of hydrogen-bond acceptors (Lipinski definition) is 3. The largest absolute Gasteiger partial charge is 0.396 e. The van der Waals surface area contributed by atoms with Gasteiger partial charge >= 0.3 is 0 Å². The SMILES string of the molecule is O=C(NC1CCCCC1CO)c1cc(S)ccc1F. The summed E-state index contributed by atoms with van der Waals surface area (Å²) in [5, 5.41) is 12.1. The molecule has 2 N–H and O–H groups in total. The van der Waals surface area contributed by atoms with Gasteiger partial charge in [-0.1, -0.05) is 12.8 Å². The van der Waals surface area contributed by atoms with E-state index in [0.29, 0.717) is 4.90 Å². The highest BCUT2D eigenvalue weighted by molar-refractivity contribution is 7.80. The minimum absolute atomic E-state index is 0.00904. The van der Waals surface area contributed by atoms with E-state index in [2.05, 4.69) is 17.9 Å². The Labute approximate surface area is 117 Å². The lowest BCUT2D eigenvalue weighted by molar-refractivity contribution is 0.0868. The molecular formula is C14H18FNO2S. The van der Waals surface area contributed by atoms with Gasteiger partial charge in [0.2, 0.25) is 0 Å². The van der Waals surface area contributed by atoms with Crippen LogP contribution in [0.3, 0.4) is 0 Å². The fourth-order valence-corrected chi connectivity index (χ4v) is 2.75. The van der Waals surface area contributed by atoms with E-state index in [-0.39, 0.29) is 24.1 Å². The van der Waals surface area contributed by atoms with Gasteiger partial charge in [0.25, 0.3) is 5.91 Å². The van der Waals surface area contributed by atoms with Crippen molar-refractivity contribution in [3.8, 4) is 0 Å². The fourth-order valence-electron chi connectivity index (χ4n) is 2.55. The molecule has 1 fully saturated rings. The Kier molecular flexibility index (Phi) is 4.82. The lowest BCUT2D eigenvalue weighted by Crippen LogP contribution is -2.43. The molecule has 2 rings (SSSR count). The summed E-state index contributed by atoms with van der Waals surface area (Å²) in [6.07, 6.45) is 3.82. The van der Waals surface area contributed by atoms with E-state index in [1.807, 2.05) is 0 Å². The van der Waals surface area contributed by atoms with E-state index in [0.717, 1.165) is 25.7 Å². The van der Waals surface area contributed by atoms with Gasteiger partial charge in [-0.3, -0.25) is 4.79 Å². The summed E-state index contributed by atoms with van der Waals surface area (Å²) >= 11 is 4.11. The Bertz CT molecular complexity index is 467. The van der Waals surface area contributed by atoms with Gasteiger partial charge < -0.3 is 10.4 Å². The second-order valence-corrected chi connectivity index (χ2v) is 5.49. The normalized spacial score (nSPS) is 23.1. The molecule has 1 aliphatic carbocycles. The van der Waals surface area contributed by atoms with Crippen molar-refractivity contribution < 1.29 is 14.3 Å². The van der Waals surface area contributed by atoms with Gasteiger partial charge in [0.15, 0.2) is 0 Å². The standard InChI is InChI=1S/C14H18FNO2S/c15-12-6-5-10(19)7-11(12)14(18)16-13-4-2-1-3-9(13)8-17/h5-7,9,13,17,19H,1-4,8H2,(H,16,18). The van der Waals surface area contributed by atoms with Crippen molar-refractivity contribution in [3.63, 3.8) is 0 Å². The second kappa shape index (κ2) is 6.39. The molecule has 0 heterocycles. The van der Waals surface area contributed by atoms with Gasteiger partial charge in [0, 0.05) is 23.5 Å². The monoisotopic (exact) mass is 283 g/mol. The maximum Gasteiger partial charge on any atom is 0.254 e. The first kappa shape index (κ1) is 14.3. The highest BCUT2D eigenvalue weighted by Gasteiger charge is 2.26. The van der Waals surface area contributed by atoms with Crippen LogP contribution in [-0.4, -0.2) is 23.7 Å². The zero-order valence-corrected chi connectivity index (χ0v) is 11.5. The van der Waals surface area contributed by atoms with Gasteiger partial charge in [-0.25, -0.2) is 4.39 Å². The predicted octanol–water partition coefficient (Wildman–Crippen LogP) is 2.40. The zero-order valence-electron chi connectivity index (χ0n) is 10.6. The Hall–Kier alpha value is -1.07. The molecule has 2 unspecified atom stereocenters. The summed E-state index contributed by atoms with van der Waals surface area (Å²) in [7, 11) is 0. The summed E-state index contributed by atoms with van der Waals surface area (Å²) < 4.78 is 13.6. The van der Waals surface area contributed by atoms with Crippen molar-refractivity contribution in [2.45, 2.75) is 36.6 Å². The third kappa shape index (κ3) is 3.48. The number of aliphatic hydroxyl groups excluding tert-OH is 1. The molecule has 0 aliphatic heterocycles. The summed E-state index contributed by atoms with van der Waals surface area (Å²) in [5.74, 6) is -0.912. The van der Waals surface area contributed by atoms with Crippen LogP contribution < -0.4 is 5.32 Å². The second-order valence-electron chi connectivity index (χ2n) is 4.97. The summed E-state index contributed by atoms with van der Waals surface area (Å²) in [5.41, 5.74) is 0.00904. The van der Waals surface area contributed by atoms with E-state index < -0.39 is 11.7 Å². The molecule has 1 amide bonds. The molecule has 0 bridgehead atoms. The number of thiol groups is 1. The van der Waals surface area contributed by atoms with Gasteiger partial charge in [-0.05, 0) is 31.0 Å². The third-order valence-electron chi connectivity index (χ3n) is 3.65. The van der Waals surface area contributed by atoms with Crippen LogP contribution in [0.25, 0.3) is 0 Å². The topological polar surface area (TPSA) is 49.3 Å². The number of aliphatic hydroxyl groups is 1. The number of halogens is 1. The Morgan fingerprint density at radius 1 is 1.42 bits per heavy atom. The van der Waals surface area contributed by atoms with Crippen LogP contribution in [0.5, 0.6) is 0 Å². The minimum atomic E-state index is -0.549. The molecule has 1 aromatic rings. The van der Waals surface area contributed by atoms with E-state index in [9.17, 15) is 14.3 Å².